The molecule has 5 nitrogen and oxygen atoms in total. The molecule has 0 unspecified atom stereocenters. The molecule has 19 heavy (non-hydrogen) atoms. The number of carbonyl (C=O) groups is 1. The Hall–Kier alpha value is -1.63. The molecule has 0 atom stereocenters. The van der Waals surface area contributed by atoms with E-state index in [-0.39, 0.29) is 23.7 Å². The lowest BCUT2D eigenvalue weighted by Gasteiger charge is -2.11. The predicted molar refractivity (Wildman–Crippen MR) is 67.8 cm³/mol. The number of carboxylic acid groups (broad SMARTS) is 1. The first-order valence-corrected chi connectivity index (χ1v) is 7.33. The minimum absolute atomic E-state index is 0.175. The van der Waals surface area contributed by atoms with Gasteiger partial charge in [0.2, 0.25) is 0 Å². The van der Waals surface area contributed by atoms with Crippen molar-refractivity contribution >= 4 is 15.8 Å². The SMILES string of the molecule is CC(C)S(=O)(=O)CCOc1cc(F)ccc1C(=O)O. The third-order valence-corrected chi connectivity index (χ3v) is 4.69. The lowest BCUT2D eigenvalue weighted by molar-refractivity contribution is 0.0692. The predicted octanol–water partition coefficient (Wildman–Crippen LogP) is 1.73. The lowest BCUT2D eigenvalue weighted by Crippen LogP contribution is -2.22. The van der Waals surface area contributed by atoms with E-state index in [0.29, 0.717) is 0 Å². The maximum Gasteiger partial charge on any atom is 0.339 e. The van der Waals surface area contributed by atoms with Crippen LogP contribution in [-0.2, 0) is 9.84 Å². The topological polar surface area (TPSA) is 80.7 Å². The molecule has 0 amide bonds. The molecule has 0 aliphatic rings. The molecular formula is C12H15FO5S. The number of sulfone groups is 1. The van der Waals surface area contributed by atoms with E-state index in [1.807, 2.05) is 0 Å². The molecule has 1 rings (SSSR count). The monoisotopic (exact) mass is 290 g/mol. The molecule has 0 bridgehead atoms. The summed E-state index contributed by atoms with van der Waals surface area (Å²) < 4.78 is 41.1. The first kappa shape index (κ1) is 15.4. The van der Waals surface area contributed by atoms with Crippen molar-refractivity contribution in [2.45, 2.75) is 19.1 Å². The van der Waals surface area contributed by atoms with Crippen LogP contribution in [0.5, 0.6) is 5.75 Å². The number of carboxylic acids is 1. The van der Waals surface area contributed by atoms with Crippen LogP contribution in [-0.4, -0.2) is 37.1 Å². The van der Waals surface area contributed by atoms with Crippen molar-refractivity contribution < 1.29 is 27.4 Å². The van der Waals surface area contributed by atoms with E-state index < -0.39 is 26.9 Å². The van der Waals surface area contributed by atoms with Crippen LogP contribution in [0, 0.1) is 5.82 Å². The molecule has 0 saturated carbocycles. The van der Waals surface area contributed by atoms with Gasteiger partial charge in [0.15, 0.2) is 9.84 Å². The fourth-order valence-corrected chi connectivity index (χ4v) is 2.08. The zero-order chi connectivity index (χ0) is 14.6. The van der Waals surface area contributed by atoms with Crippen molar-refractivity contribution in [3.8, 4) is 5.75 Å². The molecule has 0 aliphatic heterocycles. The Labute approximate surface area is 110 Å². The molecule has 0 heterocycles. The molecule has 106 valence electrons. The number of ether oxygens (including phenoxy) is 1. The average molecular weight is 290 g/mol. The molecule has 0 spiro atoms. The summed E-state index contributed by atoms with van der Waals surface area (Å²) in [6.07, 6.45) is 0. The summed E-state index contributed by atoms with van der Waals surface area (Å²) in [7, 11) is -3.28. The van der Waals surface area contributed by atoms with Crippen molar-refractivity contribution in [2.75, 3.05) is 12.4 Å². The standard InChI is InChI=1S/C12H15FO5S/c1-8(2)19(16,17)6-5-18-11-7-9(13)3-4-10(11)12(14)15/h3-4,7-8H,5-6H2,1-2H3,(H,14,15). The first-order chi connectivity index (χ1) is 8.74. The normalized spacial score (nSPS) is 11.6. The number of hydrogen-bond donors (Lipinski definition) is 1. The Kier molecular flexibility index (Phi) is 4.88. The van der Waals surface area contributed by atoms with E-state index in [4.69, 9.17) is 9.84 Å². The lowest BCUT2D eigenvalue weighted by atomic mass is 10.2. The van der Waals surface area contributed by atoms with Gasteiger partial charge in [-0.1, -0.05) is 0 Å². The van der Waals surface area contributed by atoms with Gasteiger partial charge in [0.25, 0.3) is 0 Å². The Morgan fingerprint density at radius 3 is 2.58 bits per heavy atom. The van der Waals surface area contributed by atoms with Crippen LogP contribution in [0.3, 0.4) is 0 Å². The van der Waals surface area contributed by atoms with Crippen molar-refractivity contribution in [3.05, 3.63) is 29.6 Å². The zero-order valence-electron chi connectivity index (χ0n) is 10.6. The van der Waals surface area contributed by atoms with Gasteiger partial charge in [0, 0.05) is 6.07 Å². The summed E-state index contributed by atoms with van der Waals surface area (Å²) >= 11 is 0. The largest absolute Gasteiger partial charge is 0.492 e. The Morgan fingerprint density at radius 1 is 1.42 bits per heavy atom. The minimum Gasteiger partial charge on any atom is -0.492 e. The summed E-state index contributed by atoms with van der Waals surface area (Å²) in [4.78, 5) is 10.9. The average Bonchev–Trinajstić information content (AvgIpc) is 2.28. The third kappa shape index (κ3) is 4.20. The van der Waals surface area contributed by atoms with Gasteiger partial charge in [-0.25, -0.2) is 17.6 Å². The van der Waals surface area contributed by atoms with Crippen LogP contribution >= 0.6 is 0 Å². The van der Waals surface area contributed by atoms with E-state index in [1.54, 1.807) is 13.8 Å². The summed E-state index contributed by atoms with van der Waals surface area (Å²) in [5, 5.41) is 8.34. The highest BCUT2D eigenvalue weighted by atomic mass is 32.2. The minimum atomic E-state index is -3.28. The molecule has 0 saturated heterocycles. The quantitative estimate of drug-likeness (QED) is 0.863. The van der Waals surface area contributed by atoms with Gasteiger partial charge >= 0.3 is 5.97 Å². The van der Waals surface area contributed by atoms with E-state index in [9.17, 15) is 17.6 Å². The van der Waals surface area contributed by atoms with Crippen LogP contribution in [0.15, 0.2) is 18.2 Å². The van der Waals surface area contributed by atoms with E-state index in [0.717, 1.165) is 18.2 Å². The van der Waals surface area contributed by atoms with Gasteiger partial charge in [-0.15, -0.1) is 0 Å². The van der Waals surface area contributed by atoms with Crippen molar-refractivity contribution in [1.82, 2.24) is 0 Å². The summed E-state index contributed by atoms with van der Waals surface area (Å²) in [6.45, 7) is 2.87. The fraction of sp³-hybridized carbons (Fsp3) is 0.417. The Morgan fingerprint density at radius 2 is 2.05 bits per heavy atom. The van der Waals surface area contributed by atoms with Crippen molar-refractivity contribution in [2.24, 2.45) is 0 Å². The maximum absolute atomic E-state index is 13.0. The third-order valence-electron chi connectivity index (χ3n) is 2.52. The molecule has 0 radical (unpaired) electrons. The summed E-state index contributed by atoms with van der Waals surface area (Å²) in [5.41, 5.74) is -0.205. The Balaban J connectivity index is 2.78. The van der Waals surface area contributed by atoms with Crippen LogP contribution in [0.25, 0.3) is 0 Å². The number of halogens is 1. The first-order valence-electron chi connectivity index (χ1n) is 5.61. The van der Waals surface area contributed by atoms with Crippen LogP contribution in [0.2, 0.25) is 0 Å². The summed E-state index contributed by atoms with van der Waals surface area (Å²) in [6, 6.07) is 3.00. The molecule has 7 heteroatoms. The van der Waals surface area contributed by atoms with Gasteiger partial charge in [-0.2, -0.15) is 0 Å². The number of rotatable bonds is 6. The van der Waals surface area contributed by atoms with Crippen molar-refractivity contribution in [3.63, 3.8) is 0 Å². The molecule has 0 aliphatic carbocycles. The second kappa shape index (κ2) is 6.01. The molecule has 1 aromatic rings. The molecule has 1 N–H and O–H groups in total. The van der Waals surface area contributed by atoms with Crippen LogP contribution < -0.4 is 4.74 Å². The number of hydrogen-bond acceptors (Lipinski definition) is 4. The van der Waals surface area contributed by atoms with E-state index >= 15 is 0 Å². The zero-order valence-corrected chi connectivity index (χ0v) is 11.4. The van der Waals surface area contributed by atoms with Gasteiger partial charge in [-0.3, -0.25) is 0 Å². The highest BCUT2D eigenvalue weighted by Gasteiger charge is 2.17. The molecule has 0 aromatic heterocycles. The van der Waals surface area contributed by atoms with E-state index in [2.05, 4.69) is 0 Å². The van der Waals surface area contributed by atoms with E-state index in [1.165, 1.54) is 0 Å². The van der Waals surface area contributed by atoms with Gasteiger partial charge < -0.3 is 9.84 Å². The van der Waals surface area contributed by atoms with Crippen molar-refractivity contribution in [1.29, 1.82) is 0 Å². The smallest absolute Gasteiger partial charge is 0.339 e. The highest BCUT2D eigenvalue weighted by molar-refractivity contribution is 7.91. The van der Waals surface area contributed by atoms with Crippen LogP contribution in [0.4, 0.5) is 4.39 Å². The molecule has 1 aromatic carbocycles. The Bertz CT molecular complexity index is 565. The summed E-state index contributed by atoms with van der Waals surface area (Å²) in [5.74, 6) is -2.33. The highest BCUT2D eigenvalue weighted by Crippen LogP contribution is 2.20. The van der Waals surface area contributed by atoms with Crippen LogP contribution in [0.1, 0.15) is 24.2 Å². The fourth-order valence-electron chi connectivity index (χ4n) is 1.30. The second-order valence-electron chi connectivity index (χ2n) is 4.21. The second-order valence-corrected chi connectivity index (χ2v) is 6.89. The van der Waals surface area contributed by atoms with Gasteiger partial charge in [0.05, 0.1) is 11.0 Å². The van der Waals surface area contributed by atoms with Gasteiger partial charge in [-0.05, 0) is 26.0 Å². The number of benzene rings is 1. The van der Waals surface area contributed by atoms with Gasteiger partial charge in [0.1, 0.15) is 23.7 Å². The molecular weight excluding hydrogens is 275 g/mol. The molecule has 0 fully saturated rings. The number of aromatic carboxylic acids is 1. The maximum atomic E-state index is 13.0.